The third-order valence-electron chi connectivity index (χ3n) is 4.30. The molecule has 0 radical (unpaired) electrons. The van der Waals surface area contributed by atoms with Crippen LogP contribution in [0.1, 0.15) is 53.1 Å². The minimum Gasteiger partial charge on any atom is -0.294 e. The average Bonchev–Trinajstić information content (AvgIpc) is 2.74. The molecule has 3 rings (SSSR count). The van der Waals surface area contributed by atoms with Crippen LogP contribution >= 0.6 is 0 Å². The monoisotopic (exact) mass is 293 g/mol. The molecule has 0 N–H and O–H groups in total. The lowest BCUT2D eigenvalue weighted by molar-refractivity contribution is 0.0910. The number of aromatic nitrogens is 2. The van der Waals surface area contributed by atoms with E-state index in [-0.39, 0.29) is 11.2 Å². The molecule has 0 atom stereocenters. The highest BCUT2D eigenvalue weighted by Gasteiger charge is 2.35. The first kappa shape index (κ1) is 14.5. The number of aryl methyl sites for hydroxylation is 2. The second-order valence-electron chi connectivity index (χ2n) is 6.87. The van der Waals surface area contributed by atoms with Gasteiger partial charge in [0.1, 0.15) is 0 Å². The van der Waals surface area contributed by atoms with Gasteiger partial charge in [0.25, 0.3) is 0 Å². The molecule has 0 saturated heterocycles. The predicted molar refractivity (Wildman–Crippen MR) is 84.2 cm³/mol. The molecular weight excluding hydrogens is 274 g/mol. The largest absolute Gasteiger partial charge is 0.294 e. The third-order valence-corrected chi connectivity index (χ3v) is 4.30. The number of nitrogens with zero attached hydrogens (tertiary/aromatic N) is 3. The van der Waals surface area contributed by atoms with Gasteiger partial charge < -0.3 is 0 Å². The van der Waals surface area contributed by atoms with Gasteiger partial charge in [-0.15, -0.1) is 0 Å². The Balaban J connectivity index is 2.18. The summed E-state index contributed by atoms with van der Waals surface area (Å²) in [7, 11) is 0. The molecule has 1 aliphatic rings. The molecule has 0 fully saturated rings. The van der Waals surface area contributed by atoms with Crippen molar-refractivity contribution in [2.24, 2.45) is 5.41 Å². The second kappa shape index (κ2) is 4.81. The Labute approximate surface area is 130 Å². The van der Waals surface area contributed by atoms with Gasteiger partial charge in [0.05, 0.1) is 34.3 Å². The van der Waals surface area contributed by atoms with Gasteiger partial charge in [0.15, 0.2) is 5.78 Å². The number of carbonyl (C=O) groups is 1. The van der Waals surface area contributed by atoms with Crippen LogP contribution in [0, 0.1) is 30.6 Å². The van der Waals surface area contributed by atoms with E-state index in [0.29, 0.717) is 12.0 Å². The highest BCUT2D eigenvalue weighted by atomic mass is 16.1. The minimum atomic E-state index is -0.0457. The van der Waals surface area contributed by atoms with E-state index in [1.54, 1.807) is 0 Å². The summed E-state index contributed by atoms with van der Waals surface area (Å²) in [5.74, 6) is 0.181. The summed E-state index contributed by atoms with van der Waals surface area (Å²) in [5.41, 5.74) is 5.00. The summed E-state index contributed by atoms with van der Waals surface area (Å²) in [6.45, 7) is 8.04. The fraction of sp³-hybridized carbons (Fsp3) is 0.389. The van der Waals surface area contributed by atoms with Crippen LogP contribution in [0.5, 0.6) is 0 Å². The highest BCUT2D eigenvalue weighted by Crippen LogP contribution is 2.37. The second-order valence-corrected chi connectivity index (χ2v) is 6.87. The van der Waals surface area contributed by atoms with Crippen LogP contribution in [0.2, 0.25) is 0 Å². The molecule has 0 bridgehead atoms. The molecular formula is C18H19N3O. The lowest BCUT2D eigenvalue weighted by Crippen LogP contribution is -2.28. The Hall–Kier alpha value is -2.41. The Morgan fingerprint density at radius 2 is 2.00 bits per heavy atom. The molecule has 0 spiro atoms. The van der Waals surface area contributed by atoms with Crippen molar-refractivity contribution < 1.29 is 4.79 Å². The van der Waals surface area contributed by atoms with Gasteiger partial charge in [0.2, 0.25) is 0 Å². The van der Waals surface area contributed by atoms with Crippen molar-refractivity contribution in [3.8, 4) is 11.8 Å². The number of hydrogen-bond acceptors (Lipinski definition) is 3. The molecule has 1 aliphatic carbocycles. The molecule has 0 amide bonds. The van der Waals surface area contributed by atoms with Gasteiger partial charge in [-0.1, -0.05) is 13.8 Å². The van der Waals surface area contributed by atoms with E-state index in [9.17, 15) is 4.79 Å². The number of nitriles is 1. The molecule has 0 saturated carbocycles. The maximum absolute atomic E-state index is 12.4. The van der Waals surface area contributed by atoms with Crippen molar-refractivity contribution in [2.45, 2.75) is 40.5 Å². The normalized spacial score (nSPS) is 16.2. The van der Waals surface area contributed by atoms with Crippen LogP contribution in [0.3, 0.4) is 0 Å². The molecule has 22 heavy (non-hydrogen) atoms. The number of ketones is 1. The number of benzene rings is 1. The fourth-order valence-corrected chi connectivity index (χ4v) is 3.26. The third kappa shape index (κ3) is 2.23. The topological polar surface area (TPSA) is 58.7 Å². The first-order valence-corrected chi connectivity index (χ1v) is 7.45. The fourth-order valence-electron chi connectivity index (χ4n) is 3.26. The average molecular weight is 293 g/mol. The smallest absolute Gasteiger partial charge is 0.167 e. The quantitative estimate of drug-likeness (QED) is 0.808. The van der Waals surface area contributed by atoms with Crippen LogP contribution in [-0.4, -0.2) is 15.6 Å². The summed E-state index contributed by atoms with van der Waals surface area (Å²) in [6, 6.07) is 7.84. The van der Waals surface area contributed by atoms with Crippen molar-refractivity contribution in [3.63, 3.8) is 0 Å². The molecule has 0 aliphatic heterocycles. The molecule has 112 valence electrons. The maximum Gasteiger partial charge on any atom is 0.167 e. The lowest BCUT2D eigenvalue weighted by Gasteiger charge is -2.29. The molecule has 0 unspecified atom stereocenters. The van der Waals surface area contributed by atoms with E-state index in [2.05, 4.69) is 25.0 Å². The van der Waals surface area contributed by atoms with Gasteiger partial charge in [-0.05, 0) is 49.4 Å². The molecule has 1 aromatic heterocycles. The van der Waals surface area contributed by atoms with Crippen molar-refractivity contribution in [3.05, 3.63) is 46.3 Å². The van der Waals surface area contributed by atoms with Crippen LogP contribution in [-0.2, 0) is 6.42 Å². The van der Waals surface area contributed by atoms with Gasteiger partial charge >= 0.3 is 0 Å². The zero-order valence-corrected chi connectivity index (χ0v) is 13.4. The van der Waals surface area contributed by atoms with Crippen LogP contribution in [0.4, 0.5) is 0 Å². The predicted octanol–water partition coefficient (Wildman–Crippen LogP) is 3.52. The summed E-state index contributed by atoms with van der Waals surface area (Å²) in [4.78, 5) is 12.4. The van der Waals surface area contributed by atoms with Crippen LogP contribution in [0.25, 0.3) is 5.69 Å². The van der Waals surface area contributed by atoms with E-state index < -0.39 is 0 Å². The van der Waals surface area contributed by atoms with Crippen molar-refractivity contribution in [1.82, 2.24) is 9.78 Å². The van der Waals surface area contributed by atoms with Gasteiger partial charge in [-0.3, -0.25) is 4.79 Å². The van der Waals surface area contributed by atoms with Crippen molar-refractivity contribution in [1.29, 1.82) is 5.26 Å². The zero-order chi connectivity index (χ0) is 16.1. The zero-order valence-electron chi connectivity index (χ0n) is 13.4. The Morgan fingerprint density at radius 1 is 1.27 bits per heavy atom. The summed E-state index contributed by atoms with van der Waals surface area (Å²) in [5, 5.41) is 13.7. The molecule has 2 aromatic rings. The number of fused-ring (bicyclic) bond motifs is 1. The van der Waals surface area contributed by atoms with Gasteiger partial charge in [0, 0.05) is 6.42 Å². The van der Waals surface area contributed by atoms with Gasteiger partial charge in [-0.25, -0.2) is 4.68 Å². The van der Waals surface area contributed by atoms with Crippen molar-refractivity contribution >= 4 is 5.78 Å². The van der Waals surface area contributed by atoms with Crippen LogP contribution < -0.4 is 0 Å². The Kier molecular flexibility index (Phi) is 3.17. The number of hydrogen-bond donors (Lipinski definition) is 0. The Bertz CT molecular complexity index is 822. The van der Waals surface area contributed by atoms with E-state index >= 15 is 0 Å². The molecule has 4 nitrogen and oxygen atoms in total. The minimum absolute atomic E-state index is 0.0457. The highest BCUT2D eigenvalue weighted by molar-refractivity contribution is 5.99. The lowest BCUT2D eigenvalue weighted by atomic mass is 9.75. The SMILES string of the molecule is Cc1cc(-n2nc(C)c3c2CC(C)(C)CC3=O)ccc1C#N. The first-order chi connectivity index (χ1) is 10.3. The maximum atomic E-state index is 12.4. The number of carbonyl (C=O) groups excluding carboxylic acids is 1. The summed E-state index contributed by atoms with van der Waals surface area (Å²) < 4.78 is 1.87. The molecule has 1 heterocycles. The number of rotatable bonds is 1. The molecule has 4 heteroatoms. The first-order valence-electron chi connectivity index (χ1n) is 7.45. The number of Topliss-reactive ketones (excluding diaryl/α,β-unsaturated/α-hetero) is 1. The van der Waals surface area contributed by atoms with E-state index in [1.807, 2.05) is 36.7 Å². The Morgan fingerprint density at radius 3 is 2.64 bits per heavy atom. The standard InChI is InChI=1S/C18H19N3O/c1-11-7-14(6-5-13(11)10-19)21-15-8-18(3,4)9-16(22)17(15)12(2)20-21/h5-7H,8-9H2,1-4H3. The van der Waals surface area contributed by atoms with Crippen molar-refractivity contribution in [2.75, 3.05) is 0 Å². The van der Waals surface area contributed by atoms with Crippen LogP contribution in [0.15, 0.2) is 18.2 Å². The van der Waals surface area contributed by atoms with E-state index in [0.717, 1.165) is 34.6 Å². The summed E-state index contributed by atoms with van der Waals surface area (Å²) >= 11 is 0. The summed E-state index contributed by atoms with van der Waals surface area (Å²) in [6.07, 6.45) is 1.40. The van der Waals surface area contributed by atoms with Gasteiger partial charge in [-0.2, -0.15) is 10.4 Å². The van der Waals surface area contributed by atoms with E-state index in [1.165, 1.54) is 0 Å². The molecule has 1 aromatic carbocycles. The van der Waals surface area contributed by atoms with E-state index in [4.69, 9.17) is 5.26 Å².